The van der Waals surface area contributed by atoms with Gasteiger partial charge in [0.25, 0.3) is 5.91 Å². The van der Waals surface area contributed by atoms with Crippen LogP contribution in [0, 0.1) is 6.92 Å². The third kappa shape index (κ3) is 5.20. The van der Waals surface area contributed by atoms with E-state index in [2.05, 4.69) is 16.6 Å². The highest BCUT2D eigenvalue weighted by Gasteiger charge is 2.17. The van der Waals surface area contributed by atoms with Crippen LogP contribution in [-0.2, 0) is 6.54 Å². The standard InChI is InChI=1S/C23H29N3O2/c1-17-7-9-19(10-8-17)23(27)25-24-18(2)20-11-12-22(28-3)21(15-20)16-26-13-5-4-6-14-26/h7-12,15H,4-6,13-14,16H2,1-3H3,(H,25,27)/p+1/b24-18-. The van der Waals surface area contributed by atoms with E-state index in [1.807, 2.05) is 50.2 Å². The maximum atomic E-state index is 12.3. The van der Waals surface area contributed by atoms with Crippen molar-refractivity contribution >= 4 is 11.6 Å². The lowest BCUT2D eigenvalue weighted by atomic mass is 10.0. The van der Waals surface area contributed by atoms with Gasteiger partial charge in [-0.05, 0) is 69.0 Å². The molecule has 0 unspecified atom stereocenters. The van der Waals surface area contributed by atoms with Gasteiger partial charge in [0.15, 0.2) is 0 Å². The topological polar surface area (TPSA) is 55.1 Å². The normalized spacial score (nSPS) is 15.3. The molecule has 2 aromatic carbocycles. The van der Waals surface area contributed by atoms with Gasteiger partial charge in [0.1, 0.15) is 12.3 Å². The maximum Gasteiger partial charge on any atom is 0.271 e. The van der Waals surface area contributed by atoms with Crippen molar-refractivity contribution in [3.8, 4) is 5.75 Å². The second-order valence-corrected chi connectivity index (χ2v) is 7.52. The Morgan fingerprint density at radius 1 is 1.07 bits per heavy atom. The summed E-state index contributed by atoms with van der Waals surface area (Å²) < 4.78 is 5.56. The van der Waals surface area contributed by atoms with Crippen LogP contribution in [0.4, 0.5) is 0 Å². The minimum absolute atomic E-state index is 0.203. The average Bonchev–Trinajstić information content (AvgIpc) is 2.73. The zero-order valence-corrected chi connectivity index (χ0v) is 17.0. The van der Waals surface area contributed by atoms with Crippen molar-refractivity contribution < 1.29 is 14.4 Å². The lowest BCUT2D eigenvalue weighted by molar-refractivity contribution is -0.918. The molecule has 1 fully saturated rings. The van der Waals surface area contributed by atoms with Crippen molar-refractivity contribution in [2.24, 2.45) is 5.10 Å². The summed E-state index contributed by atoms with van der Waals surface area (Å²) in [5, 5.41) is 4.31. The number of hydrazone groups is 1. The molecule has 2 aromatic rings. The molecule has 5 nitrogen and oxygen atoms in total. The number of hydrogen-bond acceptors (Lipinski definition) is 3. The number of aryl methyl sites for hydroxylation is 1. The van der Waals surface area contributed by atoms with Crippen molar-refractivity contribution in [2.45, 2.75) is 39.7 Å². The van der Waals surface area contributed by atoms with Crippen LogP contribution >= 0.6 is 0 Å². The summed E-state index contributed by atoms with van der Waals surface area (Å²) >= 11 is 0. The molecule has 1 aliphatic rings. The predicted octanol–water partition coefficient (Wildman–Crippen LogP) is 2.73. The third-order valence-corrected chi connectivity index (χ3v) is 5.34. The molecule has 0 radical (unpaired) electrons. The van der Waals surface area contributed by atoms with E-state index in [4.69, 9.17) is 4.74 Å². The molecular weight excluding hydrogens is 350 g/mol. The number of quaternary nitrogens is 1. The van der Waals surface area contributed by atoms with Crippen LogP contribution in [0.3, 0.4) is 0 Å². The number of nitrogens with zero attached hydrogens (tertiary/aromatic N) is 1. The van der Waals surface area contributed by atoms with E-state index >= 15 is 0 Å². The smallest absolute Gasteiger partial charge is 0.271 e. The van der Waals surface area contributed by atoms with Gasteiger partial charge in [0.2, 0.25) is 0 Å². The van der Waals surface area contributed by atoms with Gasteiger partial charge >= 0.3 is 0 Å². The zero-order chi connectivity index (χ0) is 19.9. The number of ether oxygens (including phenoxy) is 1. The first-order valence-electron chi connectivity index (χ1n) is 9.99. The molecule has 2 N–H and O–H groups in total. The van der Waals surface area contributed by atoms with Crippen molar-refractivity contribution in [3.63, 3.8) is 0 Å². The molecule has 1 aliphatic heterocycles. The second-order valence-electron chi connectivity index (χ2n) is 7.52. The van der Waals surface area contributed by atoms with E-state index in [1.54, 1.807) is 12.0 Å². The highest BCUT2D eigenvalue weighted by atomic mass is 16.5. The Hall–Kier alpha value is -2.66. The van der Waals surface area contributed by atoms with Gasteiger partial charge in [-0.3, -0.25) is 4.79 Å². The molecule has 5 heteroatoms. The minimum Gasteiger partial charge on any atom is -0.496 e. The molecule has 3 rings (SSSR count). The SMILES string of the molecule is COc1ccc(/C(C)=N\NC(=O)c2ccc(C)cc2)cc1C[NH+]1CCCCC1. The maximum absolute atomic E-state index is 12.3. The highest BCUT2D eigenvalue weighted by molar-refractivity contribution is 6.01. The monoisotopic (exact) mass is 380 g/mol. The van der Waals surface area contributed by atoms with Gasteiger partial charge < -0.3 is 9.64 Å². The Morgan fingerprint density at radius 3 is 2.43 bits per heavy atom. The van der Waals surface area contributed by atoms with Crippen molar-refractivity contribution in [1.82, 2.24) is 5.43 Å². The van der Waals surface area contributed by atoms with Crippen LogP contribution in [0.1, 0.15) is 53.2 Å². The first-order chi connectivity index (χ1) is 13.6. The van der Waals surface area contributed by atoms with E-state index in [9.17, 15) is 4.79 Å². The van der Waals surface area contributed by atoms with Crippen molar-refractivity contribution in [2.75, 3.05) is 20.2 Å². The van der Waals surface area contributed by atoms with Gasteiger partial charge in [-0.2, -0.15) is 5.10 Å². The number of benzene rings is 2. The Labute approximate surface area is 167 Å². The van der Waals surface area contributed by atoms with Crippen molar-refractivity contribution in [1.29, 1.82) is 0 Å². The van der Waals surface area contributed by atoms with Crippen LogP contribution in [0.25, 0.3) is 0 Å². The number of rotatable bonds is 6. The fourth-order valence-electron chi connectivity index (χ4n) is 3.61. The van der Waals surface area contributed by atoms with E-state index in [0.29, 0.717) is 5.56 Å². The molecule has 0 saturated carbocycles. The molecule has 148 valence electrons. The zero-order valence-electron chi connectivity index (χ0n) is 17.0. The lowest BCUT2D eigenvalue weighted by Gasteiger charge is -2.24. The molecule has 0 spiro atoms. The van der Waals surface area contributed by atoms with E-state index in [1.165, 1.54) is 37.9 Å². The van der Waals surface area contributed by atoms with E-state index in [0.717, 1.165) is 29.1 Å². The molecule has 0 atom stereocenters. The first-order valence-corrected chi connectivity index (χ1v) is 9.99. The van der Waals surface area contributed by atoms with Gasteiger partial charge in [-0.25, -0.2) is 5.43 Å². The number of hydrogen-bond donors (Lipinski definition) is 2. The summed E-state index contributed by atoms with van der Waals surface area (Å²) in [5.74, 6) is 0.712. The second kappa shape index (κ2) is 9.51. The van der Waals surface area contributed by atoms with Crippen LogP contribution in [0.2, 0.25) is 0 Å². The van der Waals surface area contributed by atoms with Gasteiger partial charge in [0.05, 0.1) is 25.9 Å². The summed E-state index contributed by atoms with van der Waals surface area (Å²) in [7, 11) is 1.72. The molecule has 0 bridgehead atoms. The summed E-state index contributed by atoms with van der Waals surface area (Å²) in [6.07, 6.45) is 3.93. The van der Waals surface area contributed by atoms with E-state index in [-0.39, 0.29) is 5.91 Å². The minimum atomic E-state index is -0.203. The first kappa shape index (κ1) is 20.1. The largest absolute Gasteiger partial charge is 0.496 e. The molecular formula is C23H30N3O2+. The fourth-order valence-corrected chi connectivity index (χ4v) is 3.61. The highest BCUT2D eigenvalue weighted by Crippen LogP contribution is 2.20. The fraction of sp³-hybridized carbons (Fsp3) is 0.391. The number of carbonyl (C=O) groups excluding carboxylic acids is 1. The molecule has 0 aliphatic carbocycles. The van der Waals surface area contributed by atoms with Gasteiger partial charge in [-0.15, -0.1) is 0 Å². The molecule has 0 aromatic heterocycles. The molecule has 1 amide bonds. The molecule has 1 saturated heterocycles. The van der Waals surface area contributed by atoms with Gasteiger partial charge in [0, 0.05) is 11.1 Å². The number of piperidine rings is 1. The number of nitrogens with one attached hydrogen (secondary N) is 2. The number of carbonyl (C=O) groups is 1. The summed E-state index contributed by atoms with van der Waals surface area (Å²) in [6.45, 7) is 7.30. The van der Waals surface area contributed by atoms with Crippen LogP contribution in [0.15, 0.2) is 47.6 Å². The van der Waals surface area contributed by atoms with E-state index < -0.39 is 0 Å². The number of amides is 1. The van der Waals surface area contributed by atoms with Crippen molar-refractivity contribution in [3.05, 3.63) is 64.7 Å². The third-order valence-electron chi connectivity index (χ3n) is 5.34. The molecule has 28 heavy (non-hydrogen) atoms. The Balaban J connectivity index is 1.72. The van der Waals surface area contributed by atoms with Gasteiger partial charge in [-0.1, -0.05) is 17.7 Å². The average molecular weight is 381 g/mol. The summed E-state index contributed by atoms with van der Waals surface area (Å²) in [5.41, 5.74) is 7.35. The Kier molecular flexibility index (Phi) is 6.82. The molecule has 1 heterocycles. The lowest BCUT2D eigenvalue weighted by Crippen LogP contribution is -3.11. The number of likely N-dealkylation sites (tertiary alicyclic amines) is 1. The summed E-state index contributed by atoms with van der Waals surface area (Å²) in [4.78, 5) is 13.9. The van der Waals surface area contributed by atoms with Crippen LogP contribution in [0.5, 0.6) is 5.75 Å². The quantitative estimate of drug-likeness (QED) is 0.598. The Bertz CT molecular complexity index is 837. The van der Waals surface area contributed by atoms with Crippen LogP contribution < -0.4 is 15.1 Å². The number of methoxy groups -OCH3 is 1. The van der Waals surface area contributed by atoms with Crippen LogP contribution in [-0.4, -0.2) is 31.8 Å². The summed E-state index contributed by atoms with van der Waals surface area (Å²) in [6, 6.07) is 13.6. The predicted molar refractivity (Wildman–Crippen MR) is 112 cm³/mol. The Morgan fingerprint density at radius 2 is 1.75 bits per heavy atom.